The van der Waals surface area contributed by atoms with E-state index >= 15 is 0 Å². The van der Waals surface area contributed by atoms with Crippen molar-refractivity contribution in [2.45, 2.75) is 0 Å². The molecule has 3 heteroatoms. The summed E-state index contributed by atoms with van der Waals surface area (Å²) >= 11 is 5.70. The van der Waals surface area contributed by atoms with Crippen molar-refractivity contribution >= 4 is 17.3 Å². The second kappa shape index (κ2) is 4.37. The highest BCUT2D eigenvalue weighted by molar-refractivity contribution is 6.30. The van der Waals surface area contributed by atoms with Gasteiger partial charge in [0, 0.05) is 5.02 Å². The van der Waals surface area contributed by atoms with Crippen LogP contribution in [0.1, 0.15) is 0 Å². The lowest BCUT2D eigenvalue weighted by molar-refractivity contribution is 1.28. The van der Waals surface area contributed by atoms with E-state index in [0.29, 0.717) is 5.02 Å². The highest BCUT2D eigenvalue weighted by Crippen LogP contribution is 2.17. The summed E-state index contributed by atoms with van der Waals surface area (Å²) in [5.74, 6) is 0. The van der Waals surface area contributed by atoms with Gasteiger partial charge in [-0.25, -0.2) is 4.90 Å². The van der Waals surface area contributed by atoms with Gasteiger partial charge in [-0.15, -0.1) is 5.73 Å². The summed E-state index contributed by atoms with van der Waals surface area (Å²) in [7, 11) is 0. The molecule has 0 heterocycles. The second-order valence-corrected chi connectivity index (χ2v) is 2.72. The van der Waals surface area contributed by atoms with Gasteiger partial charge in [0.25, 0.3) is 0 Å². The average Bonchev–Trinajstić information content (AvgIpc) is 2.16. The fraction of sp³-hybridized carbons (Fsp3) is 0. The minimum absolute atomic E-state index is 0.643. The summed E-state index contributed by atoms with van der Waals surface area (Å²) in [5, 5.41) is 9.37. The lowest BCUT2D eigenvalue weighted by Crippen LogP contribution is -2.05. The Bertz CT molecular complexity index is 369. The number of anilines is 1. The summed E-state index contributed by atoms with van der Waals surface area (Å²) in [6, 6.07) is 6.94. The predicted octanol–water partition coefficient (Wildman–Crippen LogP) is 2.93. The Balaban J connectivity index is 3.00. The number of rotatable bonds is 2. The van der Waals surface area contributed by atoms with E-state index in [4.69, 9.17) is 16.9 Å². The highest BCUT2D eigenvalue weighted by Gasteiger charge is 1.99. The Labute approximate surface area is 82.0 Å². The van der Waals surface area contributed by atoms with E-state index in [1.165, 1.54) is 11.1 Å². The van der Waals surface area contributed by atoms with Gasteiger partial charge in [-0.05, 0) is 24.3 Å². The number of nitrogens with zero attached hydrogens (tertiary/aromatic N) is 2. The Hall–Kier alpha value is -1.68. The van der Waals surface area contributed by atoms with Gasteiger partial charge in [0.2, 0.25) is 0 Å². The quantitative estimate of drug-likeness (QED) is 0.407. The van der Waals surface area contributed by atoms with E-state index in [0.717, 1.165) is 5.69 Å². The number of hydrogen-bond donors (Lipinski definition) is 0. The molecule has 1 aromatic carbocycles. The molecule has 0 bridgehead atoms. The summed E-state index contributed by atoms with van der Waals surface area (Å²) < 4.78 is 0. The number of halogens is 1. The molecule has 1 aromatic rings. The third-order valence-corrected chi connectivity index (χ3v) is 1.68. The van der Waals surface area contributed by atoms with Crippen LogP contribution in [-0.2, 0) is 0 Å². The normalized spacial score (nSPS) is 8.31. The van der Waals surface area contributed by atoms with E-state index in [2.05, 4.69) is 12.3 Å². The smallest absolute Gasteiger partial charge is 0.189 e. The number of nitriles is 1. The van der Waals surface area contributed by atoms with E-state index in [1.807, 2.05) is 6.19 Å². The molecule has 0 aromatic heterocycles. The first-order valence-electron chi connectivity index (χ1n) is 3.58. The minimum atomic E-state index is 0.643. The van der Waals surface area contributed by atoms with E-state index < -0.39 is 0 Å². The molecule has 0 saturated heterocycles. The monoisotopic (exact) mass is 190 g/mol. The zero-order valence-electron chi connectivity index (χ0n) is 6.87. The van der Waals surface area contributed by atoms with Gasteiger partial charge in [-0.2, -0.15) is 5.26 Å². The van der Waals surface area contributed by atoms with Crippen LogP contribution in [0.3, 0.4) is 0 Å². The number of hydrogen-bond acceptors (Lipinski definition) is 2. The lowest BCUT2D eigenvalue weighted by atomic mass is 10.3. The molecule has 0 aliphatic carbocycles. The Morgan fingerprint density at radius 1 is 1.38 bits per heavy atom. The van der Waals surface area contributed by atoms with Crippen molar-refractivity contribution in [3.05, 3.63) is 47.8 Å². The molecule has 0 unspecified atom stereocenters. The largest absolute Gasteiger partial charge is 0.247 e. The van der Waals surface area contributed by atoms with Gasteiger partial charge in [-0.3, -0.25) is 0 Å². The SMILES string of the molecule is C=C=CN(C#N)c1ccc(Cl)cc1. The molecule has 64 valence electrons. The van der Waals surface area contributed by atoms with Crippen molar-refractivity contribution in [3.8, 4) is 6.19 Å². The van der Waals surface area contributed by atoms with E-state index in [9.17, 15) is 0 Å². The molecule has 0 aliphatic rings. The first-order valence-corrected chi connectivity index (χ1v) is 3.96. The maximum Gasteiger partial charge on any atom is 0.189 e. The molecule has 2 nitrogen and oxygen atoms in total. The van der Waals surface area contributed by atoms with Gasteiger partial charge in [0.05, 0.1) is 11.9 Å². The first-order chi connectivity index (χ1) is 6.27. The summed E-state index contributed by atoms with van der Waals surface area (Å²) in [4.78, 5) is 1.35. The van der Waals surface area contributed by atoms with Gasteiger partial charge in [0.1, 0.15) is 0 Å². The van der Waals surface area contributed by atoms with Crippen molar-refractivity contribution < 1.29 is 0 Å². The summed E-state index contributed by atoms with van der Waals surface area (Å²) in [6.45, 7) is 3.39. The molecule has 1 rings (SSSR count). The van der Waals surface area contributed by atoms with E-state index in [1.54, 1.807) is 24.3 Å². The van der Waals surface area contributed by atoms with Crippen molar-refractivity contribution in [1.82, 2.24) is 0 Å². The third-order valence-electron chi connectivity index (χ3n) is 1.43. The van der Waals surface area contributed by atoms with Crippen LogP contribution in [0.25, 0.3) is 0 Å². The maximum absolute atomic E-state index is 8.72. The van der Waals surface area contributed by atoms with Gasteiger partial charge < -0.3 is 0 Å². The van der Waals surface area contributed by atoms with Crippen molar-refractivity contribution in [1.29, 1.82) is 5.26 Å². The van der Waals surface area contributed by atoms with Crippen LogP contribution >= 0.6 is 11.6 Å². The first kappa shape index (κ1) is 9.41. The van der Waals surface area contributed by atoms with E-state index in [-0.39, 0.29) is 0 Å². The molecular weight excluding hydrogens is 184 g/mol. The van der Waals surface area contributed by atoms with Crippen LogP contribution in [-0.4, -0.2) is 0 Å². The van der Waals surface area contributed by atoms with Crippen LogP contribution in [0.4, 0.5) is 5.69 Å². The molecule has 0 fully saturated rings. The minimum Gasteiger partial charge on any atom is -0.247 e. The Kier molecular flexibility index (Phi) is 3.16. The van der Waals surface area contributed by atoms with Crippen molar-refractivity contribution in [2.75, 3.05) is 4.90 Å². The molecule has 0 atom stereocenters. The molecule has 0 N–H and O–H groups in total. The fourth-order valence-corrected chi connectivity index (χ4v) is 0.980. The van der Waals surface area contributed by atoms with Gasteiger partial charge >= 0.3 is 0 Å². The third kappa shape index (κ3) is 2.38. The molecule has 0 radical (unpaired) electrons. The van der Waals surface area contributed by atoms with Crippen molar-refractivity contribution in [2.24, 2.45) is 0 Å². The predicted molar refractivity (Wildman–Crippen MR) is 53.3 cm³/mol. The molecule has 0 amide bonds. The maximum atomic E-state index is 8.72. The highest BCUT2D eigenvalue weighted by atomic mass is 35.5. The lowest BCUT2D eigenvalue weighted by Gasteiger charge is -2.07. The zero-order valence-corrected chi connectivity index (χ0v) is 7.62. The van der Waals surface area contributed by atoms with Crippen LogP contribution < -0.4 is 4.90 Å². The van der Waals surface area contributed by atoms with Gasteiger partial charge in [-0.1, -0.05) is 18.2 Å². The van der Waals surface area contributed by atoms with Crippen LogP contribution in [0.5, 0.6) is 0 Å². The average molecular weight is 191 g/mol. The summed E-state index contributed by atoms with van der Waals surface area (Å²) in [6.07, 6.45) is 3.43. The zero-order chi connectivity index (χ0) is 9.68. The molecule has 0 saturated carbocycles. The molecule has 0 aliphatic heterocycles. The van der Waals surface area contributed by atoms with Gasteiger partial charge in [0.15, 0.2) is 6.19 Å². The second-order valence-electron chi connectivity index (χ2n) is 2.28. The Morgan fingerprint density at radius 2 is 2.00 bits per heavy atom. The fourth-order valence-electron chi connectivity index (χ4n) is 0.854. The molecule has 0 spiro atoms. The molecule has 13 heavy (non-hydrogen) atoms. The van der Waals surface area contributed by atoms with Crippen LogP contribution in [0.2, 0.25) is 5.02 Å². The molecular formula is C10H7ClN2. The van der Waals surface area contributed by atoms with Crippen LogP contribution in [0.15, 0.2) is 42.8 Å². The Morgan fingerprint density at radius 3 is 2.46 bits per heavy atom. The summed E-state index contributed by atoms with van der Waals surface area (Å²) in [5.41, 5.74) is 3.27. The van der Waals surface area contributed by atoms with Crippen LogP contribution in [0, 0.1) is 11.5 Å². The topological polar surface area (TPSA) is 27.0 Å². The van der Waals surface area contributed by atoms with Crippen molar-refractivity contribution in [3.63, 3.8) is 0 Å². The standard InChI is InChI=1S/C10H7ClN2/c1-2-7-13(8-12)10-5-3-9(11)4-6-10/h3-7H,1H2. The number of benzene rings is 1.